The second kappa shape index (κ2) is 11.8. The molecule has 0 radical (unpaired) electrons. The number of nitrogens with zero attached hydrogens (tertiary/aromatic N) is 1. The van der Waals surface area contributed by atoms with Crippen LogP contribution in [0, 0.1) is 24.2 Å². The van der Waals surface area contributed by atoms with E-state index in [0.717, 1.165) is 16.5 Å². The van der Waals surface area contributed by atoms with Crippen LogP contribution >= 0.6 is 0 Å². The quantitative estimate of drug-likeness (QED) is 0.432. The van der Waals surface area contributed by atoms with Crippen molar-refractivity contribution in [2.24, 2.45) is 5.92 Å². The van der Waals surface area contributed by atoms with Crippen LogP contribution < -0.4 is 5.32 Å². The summed E-state index contributed by atoms with van der Waals surface area (Å²) in [7, 11) is 0. The lowest BCUT2D eigenvalue weighted by molar-refractivity contribution is -0.122. The average Bonchev–Trinajstić information content (AvgIpc) is 3.15. The fourth-order valence-corrected chi connectivity index (χ4v) is 3.44. The van der Waals surface area contributed by atoms with Gasteiger partial charge in [-0.15, -0.1) is 0 Å². The summed E-state index contributed by atoms with van der Waals surface area (Å²) < 4.78 is 16.5. The third kappa shape index (κ3) is 6.93. The number of amides is 1. The molecule has 2 aromatic carbocycles. The van der Waals surface area contributed by atoms with Crippen LogP contribution in [0.4, 0.5) is 0 Å². The van der Waals surface area contributed by atoms with Crippen LogP contribution in [0.2, 0.25) is 0 Å². The van der Waals surface area contributed by atoms with E-state index in [1.807, 2.05) is 68.4 Å². The summed E-state index contributed by atoms with van der Waals surface area (Å²) >= 11 is 0. The molecule has 0 aliphatic heterocycles. The third-order valence-electron chi connectivity index (χ3n) is 5.29. The summed E-state index contributed by atoms with van der Waals surface area (Å²) in [6, 6.07) is 18.4. The maximum atomic E-state index is 12.4. The summed E-state index contributed by atoms with van der Waals surface area (Å²) in [4.78, 5) is 24.7. The number of fused-ring (bicyclic) bond motifs is 1. The number of hydrogen-bond donors (Lipinski definition) is 1. The highest BCUT2D eigenvalue weighted by molar-refractivity contribution is 5.95. The van der Waals surface area contributed by atoms with E-state index < -0.39 is 12.0 Å². The smallest absolute Gasteiger partial charge is 0.374 e. The summed E-state index contributed by atoms with van der Waals surface area (Å²) in [5, 5.41) is 12.8. The number of nitriles is 1. The molecule has 0 bridgehead atoms. The maximum Gasteiger partial charge on any atom is 0.374 e. The maximum absolute atomic E-state index is 12.4. The summed E-state index contributed by atoms with van der Waals surface area (Å²) in [6.07, 6.45) is 0.734. The van der Waals surface area contributed by atoms with Crippen molar-refractivity contribution in [2.45, 2.75) is 39.3 Å². The van der Waals surface area contributed by atoms with Gasteiger partial charge in [0.2, 0.25) is 11.7 Å². The van der Waals surface area contributed by atoms with Gasteiger partial charge < -0.3 is 19.2 Å². The van der Waals surface area contributed by atoms with E-state index in [2.05, 4.69) is 5.32 Å². The molecule has 2 atom stereocenters. The standard InChI is InChI=1S/C26H28N2O5/c1-18(12-13-32-26(30)25-19(2)22-10-6-7-11-23(22)33-25)14-24(29)28-21(15-27)17-31-16-20-8-4-3-5-9-20/h3-11,18,21H,12-14,16-17H2,1-2H3,(H,28,29). The number of carbonyl (C=O) groups is 2. The summed E-state index contributed by atoms with van der Waals surface area (Å²) in [6.45, 7) is 4.38. The largest absolute Gasteiger partial charge is 0.460 e. The highest BCUT2D eigenvalue weighted by Crippen LogP contribution is 2.25. The molecular formula is C26H28N2O5. The topological polar surface area (TPSA) is 102 Å². The first-order valence-electron chi connectivity index (χ1n) is 10.9. The Morgan fingerprint density at radius 3 is 2.58 bits per heavy atom. The van der Waals surface area contributed by atoms with Gasteiger partial charge in [-0.3, -0.25) is 4.79 Å². The molecule has 1 N–H and O–H groups in total. The predicted molar refractivity (Wildman–Crippen MR) is 123 cm³/mol. The van der Waals surface area contributed by atoms with Gasteiger partial charge in [0.05, 0.1) is 25.9 Å². The lowest BCUT2D eigenvalue weighted by Gasteiger charge is -2.15. The van der Waals surface area contributed by atoms with Crippen molar-refractivity contribution < 1.29 is 23.5 Å². The number of esters is 1. The van der Waals surface area contributed by atoms with Gasteiger partial charge >= 0.3 is 5.97 Å². The van der Waals surface area contributed by atoms with Crippen molar-refractivity contribution in [3.63, 3.8) is 0 Å². The zero-order valence-corrected chi connectivity index (χ0v) is 18.9. The summed E-state index contributed by atoms with van der Waals surface area (Å²) in [5.41, 5.74) is 2.40. The normalized spacial score (nSPS) is 12.6. The minimum absolute atomic E-state index is 0.0286. The zero-order valence-electron chi connectivity index (χ0n) is 18.9. The SMILES string of the molecule is Cc1c(C(=O)OCCC(C)CC(=O)NC(C#N)COCc2ccccc2)oc2ccccc12. The number of aryl methyl sites for hydroxylation is 1. The Labute approximate surface area is 193 Å². The van der Waals surface area contributed by atoms with E-state index in [-0.39, 0.29) is 37.2 Å². The van der Waals surface area contributed by atoms with Crippen LogP contribution in [0.1, 0.15) is 41.4 Å². The molecule has 172 valence electrons. The minimum Gasteiger partial charge on any atom is -0.460 e. The highest BCUT2D eigenvalue weighted by atomic mass is 16.5. The van der Waals surface area contributed by atoms with Crippen LogP contribution in [-0.2, 0) is 20.9 Å². The molecule has 0 aliphatic rings. The Kier molecular flexibility index (Phi) is 8.62. The van der Waals surface area contributed by atoms with Crippen LogP contribution in [0.15, 0.2) is 59.0 Å². The van der Waals surface area contributed by atoms with Crippen molar-refractivity contribution >= 4 is 22.8 Å². The fourth-order valence-electron chi connectivity index (χ4n) is 3.44. The molecule has 3 aromatic rings. The van der Waals surface area contributed by atoms with Gasteiger partial charge in [-0.05, 0) is 30.9 Å². The Hall–Kier alpha value is -3.63. The lowest BCUT2D eigenvalue weighted by Crippen LogP contribution is -2.37. The van der Waals surface area contributed by atoms with E-state index in [9.17, 15) is 14.9 Å². The minimum atomic E-state index is -0.720. The van der Waals surface area contributed by atoms with E-state index in [1.54, 1.807) is 6.07 Å². The van der Waals surface area contributed by atoms with Crippen molar-refractivity contribution in [2.75, 3.05) is 13.2 Å². The third-order valence-corrected chi connectivity index (χ3v) is 5.29. The van der Waals surface area contributed by atoms with Crippen LogP contribution in [-0.4, -0.2) is 31.1 Å². The molecule has 1 heterocycles. The monoisotopic (exact) mass is 448 g/mol. The van der Waals surface area contributed by atoms with E-state index >= 15 is 0 Å². The second-order valence-electron chi connectivity index (χ2n) is 8.04. The summed E-state index contributed by atoms with van der Waals surface area (Å²) in [5.74, 6) is -0.578. The van der Waals surface area contributed by atoms with Gasteiger partial charge in [0.1, 0.15) is 11.6 Å². The van der Waals surface area contributed by atoms with E-state index in [4.69, 9.17) is 13.9 Å². The number of rotatable bonds is 11. The molecule has 2 unspecified atom stereocenters. The molecule has 1 aromatic heterocycles. The number of hydrogen-bond acceptors (Lipinski definition) is 6. The van der Waals surface area contributed by atoms with Gasteiger partial charge in [0, 0.05) is 17.4 Å². The van der Waals surface area contributed by atoms with E-state index in [1.165, 1.54) is 0 Å². The number of nitrogens with one attached hydrogen (secondary N) is 1. The first kappa shape index (κ1) is 24.0. The first-order valence-corrected chi connectivity index (χ1v) is 10.9. The molecule has 33 heavy (non-hydrogen) atoms. The van der Waals surface area contributed by atoms with Crippen LogP contribution in [0.3, 0.4) is 0 Å². The first-order chi connectivity index (χ1) is 16.0. The number of carbonyl (C=O) groups excluding carboxylic acids is 2. The molecule has 0 saturated heterocycles. The molecule has 3 rings (SSSR count). The number of ether oxygens (including phenoxy) is 2. The Morgan fingerprint density at radius 2 is 1.85 bits per heavy atom. The van der Waals surface area contributed by atoms with Gasteiger partial charge in [0.25, 0.3) is 0 Å². The van der Waals surface area contributed by atoms with Crippen molar-refractivity contribution in [1.82, 2.24) is 5.32 Å². The van der Waals surface area contributed by atoms with Gasteiger partial charge in [-0.25, -0.2) is 4.79 Å². The molecule has 0 saturated carbocycles. The van der Waals surface area contributed by atoms with Crippen molar-refractivity contribution in [3.8, 4) is 6.07 Å². The molecular weight excluding hydrogens is 420 g/mol. The molecule has 1 amide bonds. The zero-order chi connectivity index (χ0) is 23.6. The molecule has 7 nitrogen and oxygen atoms in total. The number of benzene rings is 2. The number of para-hydroxylation sites is 1. The van der Waals surface area contributed by atoms with Crippen molar-refractivity contribution in [1.29, 1.82) is 5.26 Å². The van der Waals surface area contributed by atoms with Gasteiger partial charge in [-0.2, -0.15) is 5.26 Å². The number of furan rings is 1. The Bertz CT molecular complexity index is 1120. The molecule has 0 spiro atoms. The van der Waals surface area contributed by atoms with Gasteiger partial charge in [0.15, 0.2) is 0 Å². The Balaban J connectivity index is 1.37. The lowest BCUT2D eigenvalue weighted by atomic mass is 10.0. The Morgan fingerprint density at radius 1 is 1.12 bits per heavy atom. The molecule has 7 heteroatoms. The van der Waals surface area contributed by atoms with Crippen molar-refractivity contribution in [3.05, 3.63) is 71.5 Å². The highest BCUT2D eigenvalue weighted by Gasteiger charge is 2.20. The predicted octanol–water partition coefficient (Wildman–Crippen LogP) is 4.54. The molecule has 0 fully saturated rings. The van der Waals surface area contributed by atoms with Crippen LogP contribution in [0.25, 0.3) is 11.0 Å². The van der Waals surface area contributed by atoms with Gasteiger partial charge in [-0.1, -0.05) is 55.5 Å². The fraction of sp³-hybridized carbons (Fsp3) is 0.346. The van der Waals surface area contributed by atoms with Crippen LogP contribution in [0.5, 0.6) is 0 Å². The molecule has 0 aliphatic carbocycles. The second-order valence-corrected chi connectivity index (χ2v) is 8.04. The average molecular weight is 449 g/mol. The van der Waals surface area contributed by atoms with E-state index in [0.29, 0.717) is 18.6 Å².